The van der Waals surface area contributed by atoms with E-state index in [0.29, 0.717) is 6.61 Å². The standard InChI is InChI=1S/C13H21N3O3/c1-2-15-9-6-14-13(15)16-7-3-11(4-8-16)19-10-5-12(17)18/h6,9,11H,2-5,7-8,10H2,1H3,(H,17,18). The average Bonchev–Trinajstić information content (AvgIpc) is 2.87. The summed E-state index contributed by atoms with van der Waals surface area (Å²) in [4.78, 5) is 17.1. The first-order valence-corrected chi connectivity index (χ1v) is 6.80. The van der Waals surface area contributed by atoms with Crippen molar-refractivity contribution in [2.45, 2.75) is 38.8 Å². The van der Waals surface area contributed by atoms with Crippen LogP contribution in [0.2, 0.25) is 0 Å². The molecule has 2 rings (SSSR count). The Morgan fingerprint density at radius 2 is 2.26 bits per heavy atom. The molecule has 19 heavy (non-hydrogen) atoms. The van der Waals surface area contributed by atoms with Gasteiger partial charge in [0.25, 0.3) is 0 Å². The third-order valence-corrected chi connectivity index (χ3v) is 3.43. The summed E-state index contributed by atoms with van der Waals surface area (Å²) in [5.41, 5.74) is 0. The van der Waals surface area contributed by atoms with E-state index in [4.69, 9.17) is 9.84 Å². The highest BCUT2D eigenvalue weighted by Gasteiger charge is 2.22. The monoisotopic (exact) mass is 267 g/mol. The van der Waals surface area contributed by atoms with Crippen molar-refractivity contribution >= 4 is 11.9 Å². The molecule has 1 aromatic heterocycles. The number of rotatable bonds is 6. The Kier molecular flexibility index (Phi) is 4.79. The number of imidazole rings is 1. The fourth-order valence-corrected chi connectivity index (χ4v) is 2.37. The van der Waals surface area contributed by atoms with E-state index in [-0.39, 0.29) is 12.5 Å². The molecule has 0 aromatic carbocycles. The number of carboxylic acids is 1. The molecule has 0 unspecified atom stereocenters. The molecule has 1 N–H and O–H groups in total. The molecule has 2 heterocycles. The topological polar surface area (TPSA) is 67.6 Å². The van der Waals surface area contributed by atoms with E-state index in [1.54, 1.807) is 0 Å². The van der Waals surface area contributed by atoms with E-state index in [9.17, 15) is 4.79 Å². The zero-order valence-corrected chi connectivity index (χ0v) is 11.3. The molecule has 106 valence electrons. The Bertz CT molecular complexity index is 411. The van der Waals surface area contributed by atoms with Gasteiger partial charge < -0.3 is 19.3 Å². The van der Waals surface area contributed by atoms with Crippen LogP contribution in [0, 0.1) is 0 Å². The Labute approximate surface area is 113 Å². The van der Waals surface area contributed by atoms with Gasteiger partial charge in [-0.05, 0) is 19.8 Å². The minimum atomic E-state index is -0.803. The van der Waals surface area contributed by atoms with Crippen LogP contribution in [-0.4, -0.2) is 46.4 Å². The SMILES string of the molecule is CCn1ccnc1N1CCC(OCCC(=O)O)CC1. The minimum Gasteiger partial charge on any atom is -0.481 e. The number of nitrogens with zero attached hydrogens (tertiary/aromatic N) is 3. The van der Waals surface area contributed by atoms with Gasteiger partial charge in [0, 0.05) is 32.0 Å². The quantitative estimate of drug-likeness (QED) is 0.843. The molecule has 1 aliphatic heterocycles. The number of hydrogen-bond acceptors (Lipinski definition) is 4. The van der Waals surface area contributed by atoms with Crippen molar-refractivity contribution in [1.82, 2.24) is 9.55 Å². The van der Waals surface area contributed by atoms with Gasteiger partial charge in [-0.1, -0.05) is 0 Å². The molecule has 6 heteroatoms. The van der Waals surface area contributed by atoms with Crippen molar-refractivity contribution in [3.8, 4) is 0 Å². The second kappa shape index (κ2) is 6.56. The highest BCUT2D eigenvalue weighted by molar-refractivity contribution is 5.66. The number of aromatic nitrogens is 2. The maximum Gasteiger partial charge on any atom is 0.305 e. The van der Waals surface area contributed by atoms with Gasteiger partial charge in [0.1, 0.15) is 0 Å². The van der Waals surface area contributed by atoms with Gasteiger partial charge in [0.2, 0.25) is 5.95 Å². The van der Waals surface area contributed by atoms with Crippen molar-refractivity contribution in [1.29, 1.82) is 0 Å². The largest absolute Gasteiger partial charge is 0.481 e. The molecule has 0 radical (unpaired) electrons. The number of hydrogen-bond donors (Lipinski definition) is 1. The van der Waals surface area contributed by atoms with Crippen molar-refractivity contribution in [3.05, 3.63) is 12.4 Å². The van der Waals surface area contributed by atoms with Crippen molar-refractivity contribution in [2.24, 2.45) is 0 Å². The summed E-state index contributed by atoms with van der Waals surface area (Å²) >= 11 is 0. The van der Waals surface area contributed by atoms with Gasteiger partial charge in [-0.25, -0.2) is 4.98 Å². The van der Waals surface area contributed by atoms with Crippen molar-refractivity contribution in [2.75, 3.05) is 24.6 Å². The molecule has 6 nitrogen and oxygen atoms in total. The molecule has 0 atom stereocenters. The van der Waals surface area contributed by atoms with Gasteiger partial charge in [0.15, 0.2) is 0 Å². The van der Waals surface area contributed by atoms with Crippen molar-refractivity contribution in [3.63, 3.8) is 0 Å². The van der Waals surface area contributed by atoms with Crippen LogP contribution in [0.4, 0.5) is 5.95 Å². The van der Waals surface area contributed by atoms with Gasteiger partial charge in [-0.3, -0.25) is 4.79 Å². The first-order valence-electron chi connectivity index (χ1n) is 6.80. The van der Waals surface area contributed by atoms with Gasteiger partial charge >= 0.3 is 5.97 Å². The molecule has 0 amide bonds. The second-order valence-corrected chi connectivity index (χ2v) is 4.71. The van der Waals surface area contributed by atoms with Gasteiger partial charge in [-0.15, -0.1) is 0 Å². The summed E-state index contributed by atoms with van der Waals surface area (Å²) < 4.78 is 7.71. The van der Waals surface area contributed by atoms with Crippen LogP contribution in [0.25, 0.3) is 0 Å². The lowest BCUT2D eigenvalue weighted by atomic mass is 10.1. The summed E-state index contributed by atoms with van der Waals surface area (Å²) in [7, 11) is 0. The molecule has 1 saturated heterocycles. The lowest BCUT2D eigenvalue weighted by Gasteiger charge is -2.32. The number of carboxylic acid groups (broad SMARTS) is 1. The van der Waals surface area contributed by atoms with E-state index in [0.717, 1.165) is 38.4 Å². The summed E-state index contributed by atoms with van der Waals surface area (Å²) in [6.45, 7) is 5.16. The predicted molar refractivity (Wildman–Crippen MR) is 71.3 cm³/mol. The van der Waals surface area contributed by atoms with Crippen LogP contribution in [0.1, 0.15) is 26.2 Å². The van der Waals surface area contributed by atoms with Crippen LogP contribution >= 0.6 is 0 Å². The fourth-order valence-electron chi connectivity index (χ4n) is 2.37. The number of carbonyl (C=O) groups is 1. The van der Waals surface area contributed by atoms with E-state index in [1.807, 2.05) is 12.4 Å². The molecule has 1 fully saturated rings. The average molecular weight is 267 g/mol. The number of aryl methyl sites for hydroxylation is 1. The molecule has 1 aliphatic rings. The second-order valence-electron chi connectivity index (χ2n) is 4.71. The predicted octanol–water partition coefficient (Wildman–Crippen LogP) is 1.36. The fraction of sp³-hybridized carbons (Fsp3) is 0.692. The number of aliphatic carboxylic acids is 1. The van der Waals surface area contributed by atoms with Crippen LogP contribution in [0.5, 0.6) is 0 Å². The molecule has 0 saturated carbocycles. The van der Waals surface area contributed by atoms with Gasteiger partial charge in [0.05, 0.1) is 19.1 Å². The van der Waals surface area contributed by atoms with Crippen molar-refractivity contribution < 1.29 is 14.6 Å². The van der Waals surface area contributed by atoms with Crippen LogP contribution < -0.4 is 4.90 Å². The summed E-state index contributed by atoms with van der Waals surface area (Å²) in [5.74, 6) is 0.217. The van der Waals surface area contributed by atoms with Crippen LogP contribution in [0.3, 0.4) is 0 Å². The minimum absolute atomic E-state index is 0.0838. The van der Waals surface area contributed by atoms with E-state index < -0.39 is 5.97 Å². The third-order valence-electron chi connectivity index (χ3n) is 3.43. The molecular formula is C13H21N3O3. The Balaban J connectivity index is 1.77. The Morgan fingerprint density at radius 1 is 1.53 bits per heavy atom. The van der Waals surface area contributed by atoms with Crippen LogP contribution in [-0.2, 0) is 16.1 Å². The first-order chi connectivity index (χ1) is 9.20. The zero-order valence-electron chi connectivity index (χ0n) is 11.3. The number of anilines is 1. The molecule has 0 aliphatic carbocycles. The van der Waals surface area contributed by atoms with Gasteiger partial charge in [-0.2, -0.15) is 0 Å². The summed E-state index contributed by atoms with van der Waals surface area (Å²) in [6, 6.07) is 0. The maximum absolute atomic E-state index is 10.4. The Hall–Kier alpha value is -1.56. The lowest BCUT2D eigenvalue weighted by molar-refractivity contribution is -0.138. The van der Waals surface area contributed by atoms with E-state index in [2.05, 4.69) is 21.4 Å². The third kappa shape index (κ3) is 3.70. The Morgan fingerprint density at radius 3 is 2.89 bits per heavy atom. The van der Waals surface area contributed by atoms with Crippen LogP contribution in [0.15, 0.2) is 12.4 Å². The normalized spacial score (nSPS) is 16.8. The smallest absolute Gasteiger partial charge is 0.305 e. The molecule has 0 bridgehead atoms. The molecule has 1 aromatic rings. The number of ether oxygens (including phenoxy) is 1. The highest BCUT2D eigenvalue weighted by Crippen LogP contribution is 2.20. The summed E-state index contributed by atoms with van der Waals surface area (Å²) in [6.07, 6.45) is 5.94. The maximum atomic E-state index is 10.4. The summed E-state index contributed by atoms with van der Waals surface area (Å²) in [5, 5.41) is 8.57. The molecular weight excluding hydrogens is 246 g/mol. The zero-order chi connectivity index (χ0) is 13.7. The number of piperidine rings is 1. The lowest BCUT2D eigenvalue weighted by Crippen LogP contribution is -2.38. The highest BCUT2D eigenvalue weighted by atomic mass is 16.5. The first kappa shape index (κ1) is 13.9. The molecule has 0 spiro atoms. The van der Waals surface area contributed by atoms with E-state index >= 15 is 0 Å². The van der Waals surface area contributed by atoms with E-state index in [1.165, 1.54) is 0 Å².